The molecule has 1 aromatic carbocycles. The van der Waals surface area contributed by atoms with Crippen LogP contribution in [0.1, 0.15) is 12.8 Å². The second-order valence-electron chi connectivity index (χ2n) is 4.30. The summed E-state index contributed by atoms with van der Waals surface area (Å²) in [5, 5.41) is 0.439. The largest absolute Gasteiger partial charge is 0.405 e. The molecule has 0 aliphatic heterocycles. The zero-order chi connectivity index (χ0) is 13.5. The Bertz CT molecular complexity index is 458. The lowest BCUT2D eigenvalue weighted by molar-refractivity contribution is -0.119. The second kappa shape index (κ2) is 4.70. The Morgan fingerprint density at radius 3 is 2.28 bits per heavy atom. The normalized spacial score (nSPS) is 15.8. The fourth-order valence-electron chi connectivity index (χ4n) is 1.79. The van der Waals surface area contributed by atoms with Crippen molar-refractivity contribution in [1.29, 1.82) is 0 Å². The Kier molecular flexibility index (Phi) is 3.56. The van der Waals surface area contributed by atoms with E-state index in [-0.39, 0.29) is 21.8 Å². The summed E-state index contributed by atoms with van der Waals surface area (Å²) in [6.07, 6.45) is -2.81. The van der Waals surface area contributed by atoms with Gasteiger partial charge in [0.1, 0.15) is 6.54 Å². The van der Waals surface area contributed by atoms with Gasteiger partial charge in [-0.1, -0.05) is 23.2 Å². The quantitative estimate of drug-likeness (QED) is 0.851. The minimum absolute atomic E-state index is 0.119. The van der Waals surface area contributed by atoms with Gasteiger partial charge < -0.3 is 10.6 Å². The summed E-state index contributed by atoms with van der Waals surface area (Å²) in [6, 6.07) is 2.65. The van der Waals surface area contributed by atoms with Crippen LogP contribution in [-0.4, -0.2) is 18.8 Å². The summed E-state index contributed by atoms with van der Waals surface area (Å²) in [7, 11) is 0. The summed E-state index contributed by atoms with van der Waals surface area (Å²) >= 11 is 11.6. The predicted molar refractivity (Wildman–Crippen MR) is 67.3 cm³/mol. The van der Waals surface area contributed by atoms with Crippen LogP contribution in [0.25, 0.3) is 0 Å². The van der Waals surface area contributed by atoms with Crippen molar-refractivity contribution in [3.05, 3.63) is 22.2 Å². The third-order valence-corrected chi connectivity index (χ3v) is 3.44. The van der Waals surface area contributed by atoms with Gasteiger partial charge in [-0.3, -0.25) is 0 Å². The summed E-state index contributed by atoms with van der Waals surface area (Å²) in [5.74, 6) is 0. The van der Waals surface area contributed by atoms with Gasteiger partial charge in [-0.05, 0) is 25.0 Å². The third-order valence-electron chi connectivity index (χ3n) is 2.72. The highest BCUT2D eigenvalue weighted by atomic mass is 35.5. The first-order valence-electron chi connectivity index (χ1n) is 5.36. The first kappa shape index (κ1) is 13.6. The maximum absolute atomic E-state index is 12.5. The van der Waals surface area contributed by atoms with Crippen LogP contribution in [0.4, 0.5) is 24.5 Å². The molecule has 0 spiro atoms. The molecule has 0 atom stereocenters. The van der Waals surface area contributed by atoms with Crippen molar-refractivity contribution in [2.45, 2.75) is 25.1 Å². The zero-order valence-corrected chi connectivity index (χ0v) is 10.8. The van der Waals surface area contributed by atoms with Gasteiger partial charge in [0.05, 0.1) is 21.4 Å². The smallest absolute Gasteiger partial charge is 0.397 e. The highest BCUT2D eigenvalue weighted by molar-refractivity contribution is 6.42. The van der Waals surface area contributed by atoms with Gasteiger partial charge in [0.2, 0.25) is 0 Å². The van der Waals surface area contributed by atoms with Crippen LogP contribution >= 0.6 is 23.2 Å². The van der Waals surface area contributed by atoms with Gasteiger partial charge in [0.15, 0.2) is 0 Å². The minimum Gasteiger partial charge on any atom is -0.397 e. The van der Waals surface area contributed by atoms with E-state index in [0.29, 0.717) is 5.69 Å². The molecule has 0 radical (unpaired) electrons. The topological polar surface area (TPSA) is 29.3 Å². The number of hydrogen-bond donors (Lipinski definition) is 1. The summed E-state index contributed by atoms with van der Waals surface area (Å²) in [5.41, 5.74) is 6.23. The van der Waals surface area contributed by atoms with Gasteiger partial charge in [-0.25, -0.2) is 0 Å². The van der Waals surface area contributed by atoms with Crippen molar-refractivity contribution >= 4 is 34.6 Å². The molecule has 1 saturated carbocycles. The van der Waals surface area contributed by atoms with E-state index in [9.17, 15) is 13.2 Å². The molecule has 18 heavy (non-hydrogen) atoms. The Labute approximate surface area is 112 Å². The average molecular weight is 299 g/mol. The Hall–Kier alpha value is -0.810. The fraction of sp³-hybridized carbons (Fsp3) is 0.455. The number of nitrogens with two attached hydrogens (primary N) is 1. The second-order valence-corrected chi connectivity index (χ2v) is 5.11. The van der Waals surface area contributed by atoms with Gasteiger partial charge in [-0.2, -0.15) is 13.2 Å². The predicted octanol–water partition coefficient (Wildman–Crippen LogP) is 4.11. The van der Waals surface area contributed by atoms with E-state index >= 15 is 0 Å². The van der Waals surface area contributed by atoms with E-state index in [2.05, 4.69) is 0 Å². The Morgan fingerprint density at radius 2 is 1.78 bits per heavy atom. The number of nitrogen functional groups attached to an aromatic ring is 1. The zero-order valence-electron chi connectivity index (χ0n) is 9.27. The van der Waals surface area contributed by atoms with E-state index in [1.54, 1.807) is 0 Å². The lowest BCUT2D eigenvalue weighted by Gasteiger charge is -2.27. The van der Waals surface area contributed by atoms with Crippen LogP contribution in [0.5, 0.6) is 0 Å². The average Bonchev–Trinajstić information content (AvgIpc) is 3.02. The van der Waals surface area contributed by atoms with E-state index < -0.39 is 12.7 Å². The van der Waals surface area contributed by atoms with E-state index in [1.807, 2.05) is 0 Å². The lowest BCUT2D eigenvalue weighted by atomic mass is 10.2. The Balaban J connectivity index is 2.34. The molecular formula is C11H11Cl2F3N2. The maximum Gasteiger partial charge on any atom is 0.405 e. The van der Waals surface area contributed by atoms with Crippen molar-refractivity contribution in [2.24, 2.45) is 0 Å². The van der Waals surface area contributed by atoms with Gasteiger partial charge in [0.25, 0.3) is 0 Å². The van der Waals surface area contributed by atoms with E-state index in [1.165, 1.54) is 17.0 Å². The molecule has 1 aromatic rings. The summed E-state index contributed by atoms with van der Waals surface area (Å²) in [6.45, 7) is -1.03. The first-order chi connectivity index (χ1) is 8.28. The van der Waals surface area contributed by atoms with Crippen LogP contribution in [0.3, 0.4) is 0 Å². The minimum atomic E-state index is -4.28. The lowest BCUT2D eigenvalue weighted by Crippen LogP contribution is -2.36. The molecule has 0 saturated heterocycles. The molecule has 0 bridgehead atoms. The number of hydrogen-bond acceptors (Lipinski definition) is 2. The molecule has 100 valence electrons. The van der Waals surface area contributed by atoms with Crippen LogP contribution in [0, 0.1) is 0 Å². The molecule has 2 N–H and O–H groups in total. The molecule has 2 rings (SSSR count). The molecule has 0 unspecified atom stereocenters. The van der Waals surface area contributed by atoms with Crippen LogP contribution < -0.4 is 10.6 Å². The number of halogens is 5. The molecule has 0 aromatic heterocycles. The van der Waals surface area contributed by atoms with Crippen molar-refractivity contribution in [2.75, 3.05) is 17.2 Å². The van der Waals surface area contributed by atoms with Gasteiger partial charge in [-0.15, -0.1) is 0 Å². The van der Waals surface area contributed by atoms with Gasteiger partial charge in [0, 0.05) is 6.04 Å². The van der Waals surface area contributed by atoms with E-state index in [4.69, 9.17) is 28.9 Å². The number of alkyl halides is 3. The number of benzene rings is 1. The molecule has 1 aliphatic rings. The van der Waals surface area contributed by atoms with Crippen LogP contribution in [-0.2, 0) is 0 Å². The van der Waals surface area contributed by atoms with Gasteiger partial charge >= 0.3 is 6.18 Å². The first-order valence-corrected chi connectivity index (χ1v) is 6.11. The van der Waals surface area contributed by atoms with Crippen LogP contribution in [0.15, 0.2) is 12.1 Å². The van der Waals surface area contributed by atoms with Crippen molar-refractivity contribution in [3.8, 4) is 0 Å². The number of rotatable bonds is 3. The number of nitrogens with zero attached hydrogens (tertiary/aromatic N) is 1. The molecule has 2 nitrogen and oxygen atoms in total. The molecular weight excluding hydrogens is 288 g/mol. The summed E-state index contributed by atoms with van der Waals surface area (Å²) in [4.78, 5) is 1.25. The third kappa shape index (κ3) is 3.14. The van der Waals surface area contributed by atoms with Crippen molar-refractivity contribution in [1.82, 2.24) is 0 Å². The van der Waals surface area contributed by atoms with Crippen molar-refractivity contribution < 1.29 is 13.2 Å². The highest BCUT2D eigenvalue weighted by Gasteiger charge is 2.39. The molecule has 0 heterocycles. The monoisotopic (exact) mass is 298 g/mol. The van der Waals surface area contributed by atoms with Crippen molar-refractivity contribution in [3.63, 3.8) is 0 Å². The maximum atomic E-state index is 12.5. The molecule has 1 aliphatic carbocycles. The van der Waals surface area contributed by atoms with Crippen LogP contribution in [0.2, 0.25) is 10.0 Å². The SMILES string of the molecule is Nc1cc(Cl)c(Cl)cc1N(CC(F)(F)F)C1CC1. The number of anilines is 2. The summed E-state index contributed by atoms with van der Waals surface area (Å²) < 4.78 is 37.6. The molecule has 7 heteroatoms. The Morgan fingerprint density at radius 1 is 1.22 bits per heavy atom. The standard InChI is InChI=1S/C11H11Cl2F3N2/c12-7-3-9(17)10(4-8(7)13)18(6-1-2-6)5-11(14,15)16/h3-4,6H,1-2,5,17H2. The van der Waals surface area contributed by atoms with E-state index in [0.717, 1.165) is 12.8 Å². The molecule has 1 fully saturated rings. The fourth-order valence-corrected chi connectivity index (χ4v) is 2.12. The highest BCUT2D eigenvalue weighted by Crippen LogP contribution is 2.40. The molecule has 0 amide bonds.